The molecule has 0 amide bonds. The Morgan fingerprint density at radius 3 is 2.27 bits per heavy atom. The molecule has 0 fully saturated rings. The van der Waals surface area contributed by atoms with Crippen molar-refractivity contribution in [3.8, 4) is 0 Å². The van der Waals surface area contributed by atoms with Gasteiger partial charge in [-0.1, -0.05) is 46.3 Å². The van der Waals surface area contributed by atoms with Gasteiger partial charge in [0.2, 0.25) is 0 Å². The zero-order chi connectivity index (χ0) is 11.3. The van der Waals surface area contributed by atoms with E-state index in [2.05, 4.69) is 20.6 Å². The second-order valence-electron chi connectivity index (χ2n) is 2.94. The molecule has 1 nitrogen and oxygen atoms in total. The predicted molar refractivity (Wildman–Crippen MR) is 57.6 cm³/mol. The first-order valence-electron chi connectivity index (χ1n) is 4.38. The van der Waals surface area contributed by atoms with Crippen LogP contribution in [0.5, 0.6) is 0 Å². The van der Waals surface area contributed by atoms with Gasteiger partial charge in [-0.2, -0.15) is 0 Å². The Bertz CT molecular complexity index is 291. The molecule has 15 heavy (non-hydrogen) atoms. The van der Waals surface area contributed by atoms with E-state index in [1.165, 1.54) is 0 Å². The molecule has 0 saturated heterocycles. The molecular formula is C9H9BBrF3O. The molecule has 0 spiro atoms. The molecule has 0 radical (unpaired) electrons. The Balaban J connectivity index is 2.75. The Kier molecular flexibility index (Phi) is 4.66. The van der Waals surface area contributed by atoms with E-state index in [1.807, 2.05) is 0 Å². The van der Waals surface area contributed by atoms with Crippen molar-refractivity contribution in [1.82, 2.24) is 0 Å². The van der Waals surface area contributed by atoms with E-state index in [0.717, 1.165) is 0 Å². The molecule has 82 valence electrons. The summed E-state index contributed by atoms with van der Waals surface area (Å²) in [6, 6.07) is 8.38. The predicted octanol–water partition coefficient (Wildman–Crippen LogP) is 2.82. The number of alkyl halides is 4. The smallest absolute Gasteiger partial charge is 0.349 e. The van der Waals surface area contributed by atoms with Crippen LogP contribution in [0.2, 0.25) is 6.32 Å². The monoisotopic (exact) mass is 280 g/mol. The van der Waals surface area contributed by atoms with E-state index in [1.54, 1.807) is 30.3 Å². The first-order valence-corrected chi connectivity index (χ1v) is 5.50. The SMILES string of the molecule is FC(F)(F)OB(CCBr)c1ccccc1. The van der Waals surface area contributed by atoms with Gasteiger partial charge in [-0.3, -0.25) is 0 Å². The fraction of sp³-hybridized carbons (Fsp3) is 0.333. The van der Waals surface area contributed by atoms with Crippen LogP contribution in [-0.4, -0.2) is 18.6 Å². The van der Waals surface area contributed by atoms with Gasteiger partial charge in [0.05, 0.1) is 0 Å². The fourth-order valence-corrected chi connectivity index (χ4v) is 1.64. The average Bonchev–Trinajstić information content (AvgIpc) is 2.17. The molecule has 1 rings (SSSR count). The second kappa shape index (κ2) is 5.56. The van der Waals surface area contributed by atoms with Crippen molar-refractivity contribution in [1.29, 1.82) is 0 Å². The lowest BCUT2D eigenvalue weighted by atomic mass is 9.59. The summed E-state index contributed by atoms with van der Waals surface area (Å²) in [5.74, 6) is 0. The van der Waals surface area contributed by atoms with Crippen molar-refractivity contribution in [2.75, 3.05) is 5.33 Å². The lowest BCUT2D eigenvalue weighted by Gasteiger charge is -2.15. The normalized spacial score (nSPS) is 11.5. The maximum Gasteiger partial charge on any atom is 0.508 e. The van der Waals surface area contributed by atoms with Gasteiger partial charge in [0.15, 0.2) is 0 Å². The lowest BCUT2D eigenvalue weighted by molar-refractivity contribution is -0.277. The van der Waals surface area contributed by atoms with Gasteiger partial charge >= 0.3 is 13.3 Å². The maximum absolute atomic E-state index is 12.1. The minimum atomic E-state index is -4.59. The van der Waals surface area contributed by atoms with Crippen LogP contribution in [0.4, 0.5) is 13.2 Å². The summed E-state index contributed by atoms with van der Waals surface area (Å²) in [6.07, 6.45) is -4.31. The molecule has 0 aliphatic carbocycles. The quantitative estimate of drug-likeness (QED) is 0.609. The van der Waals surface area contributed by atoms with Crippen LogP contribution in [0.3, 0.4) is 0 Å². The van der Waals surface area contributed by atoms with E-state index < -0.39 is 13.3 Å². The molecule has 0 unspecified atom stereocenters. The summed E-state index contributed by atoms with van der Waals surface area (Å²) in [5, 5.41) is 0.461. The number of rotatable bonds is 4. The number of benzene rings is 1. The van der Waals surface area contributed by atoms with Gasteiger partial charge < -0.3 is 4.65 Å². The van der Waals surface area contributed by atoms with Crippen molar-refractivity contribution < 1.29 is 17.8 Å². The highest BCUT2D eigenvalue weighted by Crippen LogP contribution is 2.19. The van der Waals surface area contributed by atoms with Crippen LogP contribution in [0.1, 0.15) is 0 Å². The summed E-state index contributed by atoms with van der Waals surface area (Å²) < 4.78 is 40.3. The summed E-state index contributed by atoms with van der Waals surface area (Å²) >= 11 is 3.11. The molecule has 0 saturated carbocycles. The first-order chi connectivity index (χ1) is 7.03. The zero-order valence-corrected chi connectivity index (χ0v) is 9.38. The molecule has 1 aromatic carbocycles. The van der Waals surface area contributed by atoms with Crippen LogP contribution in [0.25, 0.3) is 0 Å². The van der Waals surface area contributed by atoms with Gasteiger partial charge in [-0.25, -0.2) is 0 Å². The molecule has 0 heterocycles. The fourth-order valence-electron chi connectivity index (χ4n) is 1.22. The van der Waals surface area contributed by atoms with E-state index >= 15 is 0 Å². The van der Waals surface area contributed by atoms with Gasteiger partial charge in [-0.15, -0.1) is 13.2 Å². The maximum atomic E-state index is 12.1. The van der Waals surface area contributed by atoms with Crippen molar-refractivity contribution in [2.45, 2.75) is 12.7 Å². The first kappa shape index (κ1) is 12.6. The highest BCUT2D eigenvalue weighted by atomic mass is 79.9. The van der Waals surface area contributed by atoms with E-state index in [0.29, 0.717) is 10.8 Å². The second-order valence-corrected chi connectivity index (χ2v) is 3.73. The Morgan fingerprint density at radius 2 is 1.80 bits per heavy atom. The van der Waals surface area contributed by atoms with Crippen LogP contribution in [0.15, 0.2) is 30.3 Å². The van der Waals surface area contributed by atoms with E-state index in [4.69, 9.17) is 0 Å². The molecule has 0 aliphatic rings. The molecule has 0 aromatic heterocycles. The minimum absolute atomic E-state index is 0.281. The molecule has 1 aromatic rings. The van der Waals surface area contributed by atoms with Gasteiger partial charge in [0, 0.05) is 0 Å². The third-order valence-electron chi connectivity index (χ3n) is 1.82. The van der Waals surface area contributed by atoms with Crippen LogP contribution < -0.4 is 5.46 Å². The van der Waals surface area contributed by atoms with Crippen LogP contribution in [0, 0.1) is 0 Å². The third kappa shape index (κ3) is 4.71. The summed E-state index contributed by atoms with van der Waals surface area (Å²) in [4.78, 5) is 0. The van der Waals surface area contributed by atoms with E-state index in [9.17, 15) is 13.2 Å². The average molecular weight is 281 g/mol. The number of halogens is 4. The van der Waals surface area contributed by atoms with E-state index in [-0.39, 0.29) is 6.32 Å². The van der Waals surface area contributed by atoms with Gasteiger partial charge in [0.1, 0.15) is 0 Å². The molecule has 0 aliphatic heterocycles. The van der Waals surface area contributed by atoms with Gasteiger partial charge in [-0.05, 0) is 17.1 Å². The Hall–Kier alpha value is -0.485. The molecule has 0 atom stereocenters. The van der Waals surface area contributed by atoms with Crippen LogP contribution in [-0.2, 0) is 4.65 Å². The lowest BCUT2D eigenvalue weighted by Crippen LogP contribution is -2.38. The number of hydrogen-bond acceptors (Lipinski definition) is 1. The summed E-state index contributed by atoms with van der Waals surface area (Å²) in [7, 11) is 0. The van der Waals surface area contributed by atoms with Crippen molar-refractivity contribution in [3.63, 3.8) is 0 Å². The zero-order valence-electron chi connectivity index (χ0n) is 7.80. The highest BCUT2D eigenvalue weighted by molar-refractivity contribution is 9.09. The molecule has 0 bridgehead atoms. The van der Waals surface area contributed by atoms with Crippen LogP contribution >= 0.6 is 15.9 Å². The standard InChI is InChI=1S/C9H9BBrF3O/c11-7-6-10(15-9(12,13)14)8-4-2-1-3-5-8/h1-5H,6-7H2. The van der Waals surface area contributed by atoms with Crippen molar-refractivity contribution >= 4 is 28.3 Å². The Morgan fingerprint density at radius 1 is 1.20 bits per heavy atom. The molecular weight excluding hydrogens is 272 g/mol. The van der Waals surface area contributed by atoms with Gasteiger partial charge in [0.25, 0.3) is 0 Å². The number of hydrogen-bond donors (Lipinski definition) is 0. The third-order valence-corrected chi connectivity index (χ3v) is 2.28. The Labute approximate surface area is 94.9 Å². The highest BCUT2D eigenvalue weighted by Gasteiger charge is 2.35. The largest absolute Gasteiger partial charge is 0.508 e. The molecule has 6 heteroatoms. The van der Waals surface area contributed by atoms with Crippen molar-refractivity contribution in [2.24, 2.45) is 0 Å². The summed E-state index contributed by atoms with van der Waals surface area (Å²) in [6.45, 7) is -0.939. The van der Waals surface area contributed by atoms with Crippen molar-refractivity contribution in [3.05, 3.63) is 30.3 Å². The summed E-state index contributed by atoms with van der Waals surface area (Å²) in [5.41, 5.74) is 0.536. The minimum Gasteiger partial charge on any atom is -0.349 e. The topological polar surface area (TPSA) is 9.23 Å². The molecule has 0 N–H and O–H groups in total.